The van der Waals surface area contributed by atoms with Crippen LogP contribution >= 0.6 is 0 Å². The van der Waals surface area contributed by atoms with E-state index >= 15 is 0 Å². The van der Waals surface area contributed by atoms with Crippen LogP contribution in [0.2, 0.25) is 0 Å². The maximum atomic E-state index is 11.2. The molecule has 3 heteroatoms. The molecule has 1 aliphatic rings. The first-order valence-corrected chi connectivity index (χ1v) is 7.99. The second-order valence-electron chi connectivity index (χ2n) is 6.74. The summed E-state index contributed by atoms with van der Waals surface area (Å²) in [5, 5.41) is 0. The van der Waals surface area contributed by atoms with Crippen molar-refractivity contribution >= 4 is 18.4 Å². The summed E-state index contributed by atoms with van der Waals surface area (Å²) in [6, 6.07) is 0. The van der Waals surface area contributed by atoms with Gasteiger partial charge in [0.1, 0.15) is 6.29 Å². The number of aldehydes is 2. The van der Waals surface area contributed by atoms with Gasteiger partial charge in [-0.25, -0.2) is 0 Å². The first kappa shape index (κ1) is 19.0. The number of hydrogen-bond donors (Lipinski definition) is 0. The molecule has 0 amide bonds. The zero-order valence-corrected chi connectivity index (χ0v) is 14.5. The molecule has 0 fully saturated rings. The molecule has 124 valence electrons. The summed E-state index contributed by atoms with van der Waals surface area (Å²) < 4.78 is 0. The lowest BCUT2D eigenvalue weighted by atomic mass is 9.72. The zero-order valence-electron chi connectivity index (χ0n) is 14.5. The maximum absolute atomic E-state index is 11.2. The van der Waals surface area contributed by atoms with Crippen molar-refractivity contribution in [1.29, 1.82) is 0 Å². The first-order chi connectivity index (χ1) is 10.8. The van der Waals surface area contributed by atoms with E-state index in [0.717, 1.165) is 12.0 Å². The molecule has 1 rings (SSSR count). The standard InChI is InChI=1S/C20H26O3/c1-15(7-5-9-17(13-21)19(23)14-22)10-11-18-16(2)8-6-12-20(18,3)4/h5,7,9-11,13-14,17H,6,8,12H2,1-4H3. The van der Waals surface area contributed by atoms with Crippen molar-refractivity contribution < 1.29 is 14.4 Å². The third kappa shape index (κ3) is 5.59. The minimum absolute atomic E-state index is 0.181. The number of allylic oxidation sites excluding steroid dienone is 8. The Morgan fingerprint density at radius 3 is 2.52 bits per heavy atom. The van der Waals surface area contributed by atoms with E-state index in [0.29, 0.717) is 6.29 Å². The second-order valence-corrected chi connectivity index (χ2v) is 6.74. The van der Waals surface area contributed by atoms with Crippen molar-refractivity contribution in [1.82, 2.24) is 0 Å². The Morgan fingerprint density at radius 1 is 1.26 bits per heavy atom. The van der Waals surface area contributed by atoms with Crippen molar-refractivity contribution in [2.45, 2.75) is 47.0 Å². The summed E-state index contributed by atoms with van der Waals surface area (Å²) in [5.41, 5.74) is 4.06. The van der Waals surface area contributed by atoms with Gasteiger partial charge in [0.15, 0.2) is 6.29 Å². The predicted molar refractivity (Wildman–Crippen MR) is 93.0 cm³/mol. The van der Waals surface area contributed by atoms with Gasteiger partial charge in [-0.3, -0.25) is 9.59 Å². The number of ketones is 1. The number of carbonyl (C=O) groups excluding carboxylic acids is 3. The van der Waals surface area contributed by atoms with Gasteiger partial charge in [0.05, 0.1) is 5.92 Å². The van der Waals surface area contributed by atoms with E-state index in [1.54, 1.807) is 6.08 Å². The monoisotopic (exact) mass is 314 g/mol. The van der Waals surface area contributed by atoms with Gasteiger partial charge in [0.2, 0.25) is 5.78 Å². The summed E-state index contributed by atoms with van der Waals surface area (Å²) in [6.45, 7) is 8.70. The van der Waals surface area contributed by atoms with E-state index in [1.165, 1.54) is 30.1 Å². The first-order valence-electron chi connectivity index (χ1n) is 7.99. The third-order valence-electron chi connectivity index (χ3n) is 4.32. The fraction of sp³-hybridized carbons (Fsp3) is 0.450. The van der Waals surface area contributed by atoms with Gasteiger partial charge in [-0.2, -0.15) is 0 Å². The SMILES string of the molecule is CC(C=CC1=C(C)CCCC1(C)C)=CC=CC(C=O)C(=O)C=O. The summed E-state index contributed by atoms with van der Waals surface area (Å²) in [7, 11) is 0. The molecule has 1 unspecified atom stereocenters. The molecule has 0 bridgehead atoms. The van der Waals surface area contributed by atoms with Gasteiger partial charge < -0.3 is 4.79 Å². The highest BCUT2D eigenvalue weighted by molar-refractivity contribution is 6.30. The Hall–Kier alpha value is -2.03. The number of carbonyl (C=O) groups is 3. The summed E-state index contributed by atoms with van der Waals surface area (Å²) >= 11 is 0. The van der Waals surface area contributed by atoms with Gasteiger partial charge in [-0.05, 0) is 44.1 Å². The van der Waals surface area contributed by atoms with Crippen LogP contribution in [0, 0.1) is 11.3 Å². The minimum Gasteiger partial charge on any atom is -0.302 e. The normalized spacial score (nSPS) is 20.1. The van der Waals surface area contributed by atoms with Gasteiger partial charge in [-0.15, -0.1) is 0 Å². The molecule has 0 saturated carbocycles. The van der Waals surface area contributed by atoms with Crippen LogP contribution in [0.15, 0.2) is 47.1 Å². The lowest BCUT2D eigenvalue weighted by molar-refractivity contribution is -0.133. The van der Waals surface area contributed by atoms with Gasteiger partial charge >= 0.3 is 0 Å². The average Bonchev–Trinajstić information content (AvgIpc) is 2.49. The van der Waals surface area contributed by atoms with Crippen LogP contribution in [0.25, 0.3) is 0 Å². The van der Waals surface area contributed by atoms with E-state index in [1.807, 2.05) is 19.1 Å². The number of hydrogen-bond acceptors (Lipinski definition) is 3. The minimum atomic E-state index is -0.984. The zero-order chi connectivity index (χ0) is 17.5. The van der Waals surface area contributed by atoms with E-state index < -0.39 is 11.7 Å². The summed E-state index contributed by atoms with van der Waals surface area (Å²) in [4.78, 5) is 32.3. The third-order valence-corrected chi connectivity index (χ3v) is 4.32. The maximum Gasteiger partial charge on any atom is 0.209 e. The molecular formula is C20H26O3. The van der Waals surface area contributed by atoms with Crippen LogP contribution in [0.4, 0.5) is 0 Å². The van der Waals surface area contributed by atoms with Crippen molar-refractivity contribution in [2.75, 3.05) is 0 Å². The predicted octanol–water partition coefficient (Wildman–Crippen LogP) is 4.15. The molecule has 0 aromatic rings. The molecule has 0 aromatic heterocycles. The van der Waals surface area contributed by atoms with E-state index in [4.69, 9.17) is 0 Å². The highest BCUT2D eigenvalue weighted by Gasteiger charge is 2.26. The van der Waals surface area contributed by atoms with E-state index in [-0.39, 0.29) is 11.7 Å². The van der Waals surface area contributed by atoms with Crippen LogP contribution in [-0.2, 0) is 14.4 Å². The summed E-state index contributed by atoms with van der Waals surface area (Å²) in [6.07, 6.45) is 13.4. The Balaban J connectivity index is 2.82. The Kier molecular flexibility index (Phi) is 7.08. The van der Waals surface area contributed by atoms with Crippen LogP contribution < -0.4 is 0 Å². The Bertz CT molecular complexity index is 586. The molecule has 0 aromatic carbocycles. The fourth-order valence-electron chi connectivity index (χ4n) is 2.89. The van der Waals surface area contributed by atoms with Gasteiger partial charge in [0, 0.05) is 0 Å². The quantitative estimate of drug-likeness (QED) is 0.307. The van der Waals surface area contributed by atoms with Crippen LogP contribution in [-0.4, -0.2) is 18.4 Å². The number of Topliss-reactive ketones (excluding diaryl/α,β-unsaturated/α-hetero) is 1. The lowest BCUT2D eigenvalue weighted by Crippen LogP contribution is -2.19. The van der Waals surface area contributed by atoms with Gasteiger partial charge in [-0.1, -0.05) is 55.4 Å². The molecule has 1 atom stereocenters. The average molecular weight is 314 g/mol. The van der Waals surface area contributed by atoms with Crippen molar-refractivity contribution in [3.63, 3.8) is 0 Å². The molecule has 0 spiro atoms. The molecule has 0 radical (unpaired) electrons. The largest absolute Gasteiger partial charge is 0.302 e. The van der Waals surface area contributed by atoms with Crippen molar-refractivity contribution in [2.24, 2.45) is 11.3 Å². The second kappa shape index (κ2) is 8.56. The lowest BCUT2D eigenvalue weighted by Gasteiger charge is -2.32. The molecular weight excluding hydrogens is 288 g/mol. The Labute approximate surface area is 138 Å². The van der Waals surface area contributed by atoms with Crippen molar-refractivity contribution in [3.05, 3.63) is 47.1 Å². The molecule has 0 aliphatic heterocycles. The van der Waals surface area contributed by atoms with Crippen molar-refractivity contribution in [3.8, 4) is 0 Å². The van der Waals surface area contributed by atoms with Crippen LogP contribution in [0.1, 0.15) is 47.0 Å². The fourth-order valence-corrected chi connectivity index (χ4v) is 2.89. The van der Waals surface area contributed by atoms with E-state index in [2.05, 4.69) is 26.8 Å². The highest BCUT2D eigenvalue weighted by atomic mass is 16.2. The molecule has 0 saturated heterocycles. The van der Waals surface area contributed by atoms with Crippen LogP contribution in [0.5, 0.6) is 0 Å². The molecule has 3 nitrogen and oxygen atoms in total. The molecule has 0 N–H and O–H groups in total. The smallest absolute Gasteiger partial charge is 0.209 e. The molecule has 23 heavy (non-hydrogen) atoms. The van der Waals surface area contributed by atoms with Gasteiger partial charge in [0.25, 0.3) is 0 Å². The van der Waals surface area contributed by atoms with E-state index in [9.17, 15) is 14.4 Å². The highest BCUT2D eigenvalue weighted by Crippen LogP contribution is 2.40. The topological polar surface area (TPSA) is 51.2 Å². The van der Waals surface area contributed by atoms with Crippen LogP contribution in [0.3, 0.4) is 0 Å². The number of rotatable bonds is 7. The Morgan fingerprint density at radius 2 is 1.96 bits per heavy atom. The summed E-state index contributed by atoms with van der Waals surface area (Å²) in [5.74, 6) is -1.70. The molecule has 0 heterocycles. The molecule has 1 aliphatic carbocycles.